The van der Waals surface area contributed by atoms with Crippen molar-refractivity contribution in [1.82, 2.24) is 9.78 Å². The summed E-state index contributed by atoms with van der Waals surface area (Å²) in [5.74, 6) is 0. The second-order valence-electron chi connectivity index (χ2n) is 2.65. The largest absolute Gasteiger partial charge is 0.266 e. The highest BCUT2D eigenvalue weighted by Gasteiger charge is 2.04. The zero-order valence-corrected chi connectivity index (χ0v) is 7.39. The van der Waals surface area contributed by atoms with Gasteiger partial charge in [-0.05, 0) is 20.8 Å². The van der Waals surface area contributed by atoms with E-state index in [-0.39, 0.29) is 0 Å². The second kappa shape index (κ2) is 2.66. The van der Waals surface area contributed by atoms with Crippen molar-refractivity contribution in [3.05, 3.63) is 11.9 Å². The van der Waals surface area contributed by atoms with Gasteiger partial charge in [0, 0.05) is 16.6 Å². The van der Waals surface area contributed by atoms with Gasteiger partial charge in [-0.15, -0.1) is 12.6 Å². The summed E-state index contributed by atoms with van der Waals surface area (Å²) in [4.78, 5) is 0.966. The Kier molecular flexibility index (Phi) is 2.04. The van der Waals surface area contributed by atoms with E-state index in [2.05, 4.69) is 31.6 Å². The van der Waals surface area contributed by atoms with Crippen LogP contribution in [0.15, 0.2) is 11.1 Å². The number of nitrogens with zero attached hydrogens (tertiary/aromatic N) is 2. The van der Waals surface area contributed by atoms with Crippen LogP contribution in [0.5, 0.6) is 0 Å². The Bertz CT molecular complexity index is 228. The maximum atomic E-state index is 4.23. The van der Waals surface area contributed by atoms with Crippen LogP contribution in [0.3, 0.4) is 0 Å². The van der Waals surface area contributed by atoms with Gasteiger partial charge in [-0.2, -0.15) is 5.10 Å². The third-order valence-electron chi connectivity index (χ3n) is 1.51. The van der Waals surface area contributed by atoms with Crippen LogP contribution >= 0.6 is 12.6 Å². The Hall–Kier alpha value is -0.440. The molecule has 0 aliphatic carbocycles. The number of hydrogen-bond donors (Lipinski definition) is 1. The molecule has 0 aromatic carbocycles. The van der Waals surface area contributed by atoms with E-state index >= 15 is 0 Å². The molecule has 0 fully saturated rings. The first-order valence-corrected chi connectivity index (χ1v) is 3.80. The summed E-state index contributed by atoms with van der Waals surface area (Å²) in [6.07, 6.45) is 1.78. The van der Waals surface area contributed by atoms with Crippen LogP contribution in [-0.4, -0.2) is 9.78 Å². The SMILES string of the molecule is Cc1c(S)cnn1C(C)C. The van der Waals surface area contributed by atoms with Crippen LogP contribution in [0.25, 0.3) is 0 Å². The number of hydrogen-bond acceptors (Lipinski definition) is 2. The first-order chi connectivity index (χ1) is 4.63. The summed E-state index contributed by atoms with van der Waals surface area (Å²) in [5, 5.41) is 4.16. The summed E-state index contributed by atoms with van der Waals surface area (Å²) in [6.45, 7) is 6.23. The lowest BCUT2D eigenvalue weighted by molar-refractivity contribution is 0.518. The van der Waals surface area contributed by atoms with Crippen LogP contribution < -0.4 is 0 Å². The molecule has 3 heteroatoms. The van der Waals surface area contributed by atoms with Gasteiger partial charge in [0.15, 0.2) is 0 Å². The molecule has 0 amide bonds. The van der Waals surface area contributed by atoms with E-state index < -0.39 is 0 Å². The van der Waals surface area contributed by atoms with Crippen LogP contribution in [0.1, 0.15) is 25.6 Å². The van der Waals surface area contributed by atoms with E-state index in [1.807, 2.05) is 11.6 Å². The molecule has 1 aromatic rings. The summed E-state index contributed by atoms with van der Waals surface area (Å²) >= 11 is 4.23. The van der Waals surface area contributed by atoms with E-state index in [1.165, 1.54) is 0 Å². The molecule has 10 heavy (non-hydrogen) atoms. The Morgan fingerprint density at radius 1 is 1.60 bits per heavy atom. The molecule has 0 aliphatic heterocycles. The molecule has 0 aliphatic rings. The molecule has 1 heterocycles. The summed E-state index contributed by atoms with van der Waals surface area (Å²) < 4.78 is 1.96. The minimum Gasteiger partial charge on any atom is -0.266 e. The second-order valence-corrected chi connectivity index (χ2v) is 3.14. The maximum absolute atomic E-state index is 4.23. The fourth-order valence-corrected chi connectivity index (χ4v) is 1.09. The highest BCUT2D eigenvalue weighted by atomic mass is 32.1. The Morgan fingerprint density at radius 2 is 2.20 bits per heavy atom. The van der Waals surface area contributed by atoms with Crippen molar-refractivity contribution in [2.45, 2.75) is 31.7 Å². The van der Waals surface area contributed by atoms with Gasteiger partial charge in [-0.25, -0.2) is 0 Å². The fourth-order valence-electron chi connectivity index (χ4n) is 0.935. The highest BCUT2D eigenvalue weighted by molar-refractivity contribution is 7.80. The Morgan fingerprint density at radius 3 is 2.40 bits per heavy atom. The zero-order chi connectivity index (χ0) is 7.72. The lowest BCUT2D eigenvalue weighted by Gasteiger charge is -2.06. The van der Waals surface area contributed by atoms with Gasteiger partial charge in [-0.3, -0.25) is 4.68 Å². The predicted molar refractivity (Wildman–Crippen MR) is 44.6 cm³/mol. The molecule has 0 saturated carbocycles. The van der Waals surface area contributed by atoms with E-state index in [0.717, 1.165) is 10.6 Å². The van der Waals surface area contributed by atoms with Crippen LogP contribution in [0.4, 0.5) is 0 Å². The molecule has 0 spiro atoms. The van der Waals surface area contributed by atoms with Crippen molar-refractivity contribution in [2.24, 2.45) is 0 Å². The topological polar surface area (TPSA) is 17.8 Å². The molecular formula is C7H12N2S. The average molecular weight is 156 g/mol. The number of thiol groups is 1. The van der Waals surface area contributed by atoms with Gasteiger partial charge in [0.05, 0.1) is 6.20 Å². The smallest absolute Gasteiger partial charge is 0.0626 e. The number of rotatable bonds is 1. The van der Waals surface area contributed by atoms with Gasteiger partial charge >= 0.3 is 0 Å². The van der Waals surface area contributed by atoms with Crippen LogP contribution in [-0.2, 0) is 0 Å². The van der Waals surface area contributed by atoms with Crippen LogP contribution in [0, 0.1) is 6.92 Å². The molecule has 0 unspecified atom stereocenters. The molecule has 1 rings (SSSR count). The Labute approximate surface area is 66.7 Å². The molecule has 0 atom stereocenters. The minimum absolute atomic E-state index is 0.431. The van der Waals surface area contributed by atoms with Crippen molar-refractivity contribution in [3.8, 4) is 0 Å². The molecule has 0 saturated heterocycles. The van der Waals surface area contributed by atoms with Crippen LogP contribution in [0.2, 0.25) is 0 Å². The van der Waals surface area contributed by atoms with Gasteiger partial charge in [0.25, 0.3) is 0 Å². The maximum Gasteiger partial charge on any atom is 0.0626 e. The predicted octanol–water partition coefficient (Wildman–Crippen LogP) is 2.06. The lowest BCUT2D eigenvalue weighted by atomic mass is 10.4. The molecule has 2 nitrogen and oxygen atoms in total. The van der Waals surface area contributed by atoms with E-state index in [0.29, 0.717) is 6.04 Å². The minimum atomic E-state index is 0.431. The van der Waals surface area contributed by atoms with Crippen molar-refractivity contribution >= 4 is 12.6 Å². The number of aromatic nitrogens is 2. The molecular weight excluding hydrogens is 144 g/mol. The van der Waals surface area contributed by atoms with Gasteiger partial charge in [0.1, 0.15) is 0 Å². The normalized spacial score (nSPS) is 10.9. The van der Waals surface area contributed by atoms with E-state index in [9.17, 15) is 0 Å². The third kappa shape index (κ3) is 1.19. The molecule has 0 N–H and O–H groups in total. The first kappa shape index (κ1) is 7.66. The summed E-state index contributed by atoms with van der Waals surface area (Å²) in [5.41, 5.74) is 1.14. The standard InChI is InChI=1S/C7H12N2S/c1-5(2)9-6(3)7(10)4-8-9/h4-5,10H,1-3H3. The van der Waals surface area contributed by atoms with Gasteiger partial charge in [-0.1, -0.05) is 0 Å². The van der Waals surface area contributed by atoms with E-state index in [4.69, 9.17) is 0 Å². The van der Waals surface area contributed by atoms with Crippen molar-refractivity contribution < 1.29 is 0 Å². The lowest BCUT2D eigenvalue weighted by Crippen LogP contribution is -2.04. The van der Waals surface area contributed by atoms with Gasteiger partial charge < -0.3 is 0 Å². The molecule has 1 aromatic heterocycles. The van der Waals surface area contributed by atoms with E-state index in [1.54, 1.807) is 6.20 Å². The monoisotopic (exact) mass is 156 g/mol. The van der Waals surface area contributed by atoms with Gasteiger partial charge in [0.2, 0.25) is 0 Å². The fraction of sp³-hybridized carbons (Fsp3) is 0.571. The molecule has 56 valence electrons. The highest BCUT2D eigenvalue weighted by Crippen LogP contribution is 2.14. The van der Waals surface area contributed by atoms with Crippen molar-refractivity contribution in [1.29, 1.82) is 0 Å². The van der Waals surface area contributed by atoms with Crippen molar-refractivity contribution in [2.75, 3.05) is 0 Å². The third-order valence-corrected chi connectivity index (χ3v) is 1.95. The van der Waals surface area contributed by atoms with Crippen molar-refractivity contribution in [3.63, 3.8) is 0 Å². The first-order valence-electron chi connectivity index (χ1n) is 3.36. The Balaban J connectivity index is 3.05. The summed E-state index contributed by atoms with van der Waals surface area (Å²) in [7, 11) is 0. The molecule has 0 radical (unpaired) electrons. The quantitative estimate of drug-likeness (QED) is 0.616. The zero-order valence-electron chi connectivity index (χ0n) is 6.50. The summed E-state index contributed by atoms with van der Waals surface area (Å²) in [6, 6.07) is 0.431. The average Bonchev–Trinajstić information content (AvgIpc) is 2.14. The molecule has 0 bridgehead atoms.